The number of nitrogens with one attached hydrogen (secondary N) is 1. The van der Waals surface area contributed by atoms with Crippen molar-refractivity contribution in [2.45, 2.75) is 36.8 Å². The van der Waals surface area contributed by atoms with E-state index in [0.29, 0.717) is 12.3 Å². The van der Waals surface area contributed by atoms with Crippen LogP contribution in [0.3, 0.4) is 0 Å². The zero-order chi connectivity index (χ0) is 13.9. The number of nitrogens with zero attached hydrogens (tertiary/aromatic N) is 1. The van der Waals surface area contributed by atoms with Crippen molar-refractivity contribution in [3.63, 3.8) is 0 Å². The summed E-state index contributed by atoms with van der Waals surface area (Å²) in [6.07, 6.45) is -0.351. The third kappa shape index (κ3) is 4.76. The molecule has 1 unspecified atom stereocenters. The lowest BCUT2D eigenvalue weighted by molar-refractivity contribution is 0.183. The van der Waals surface area contributed by atoms with Gasteiger partial charge in [0.15, 0.2) is 4.34 Å². The number of aliphatic hydroxyl groups excluding tert-OH is 1. The number of β-amino-alcohol motifs (C(OH)–C–C–N with tert-alkyl or cyclic N) is 1. The fourth-order valence-corrected chi connectivity index (χ4v) is 3.59. The van der Waals surface area contributed by atoms with Crippen LogP contribution in [0.4, 0.5) is 0 Å². The van der Waals surface area contributed by atoms with Gasteiger partial charge in [0.2, 0.25) is 0 Å². The quantitative estimate of drug-likeness (QED) is 0.832. The van der Waals surface area contributed by atoms with Crippen LogP contribution in [-0.2, 0) is 0 Å². The Labute approximate surface area is 122 Å². The van der Waals surface area contributed by atoms with Crippen molar-refractivity contribution in [3.05, 3.63) is 24.3 Å². The van der Waals surface area contributed by atoms with Crippen LogP contribution in [0.1, 0.15) is 20.8 Å². The number of aliphatic hydroxyl groups is 1. The van der Waals surface area contributed by atoms with E-state index in [1.54, 1.807) is 23.1 Å². The molecule has 0 radical (unpaired) electrons. The maximum Gasteiger partial charge on any atom is 0.151 e. The number of rotatable bonds is 5. The zero-order valence-electron chi connectivity index (χ0n) is 11.5. The average Bonchev–Trinajstić information content (AvgIpc) is 2.75. The van der Waals surface area contributed by atoms with Crippen molar-refractivity contribution >= 4 is 33.3 Å². The highest BCUT2D eigenvalue weighted by Gasteiger charge is 2.13. The summed E-state index contributed by atoms with van der Waals surface area (Å²) in [6.45, 7) is 6.91. The van der Waals surface area contributed by atoms with E-state index >= 15 is 0 Å². The van der Waals surface area contributed by atoms with Gasteiger partial charge >= 0.3 is 0 Å². The number of thiazole rings is 1. The highest BCUT2D eigenvalue weighted by atomic mass is 32.2. The lowest BCUT2D eigenvalue weighted by Crippen LogP contribution is -2.41. The van der Waals surface area contributed by atoms with Crippen molar-refractivity contribution in [1.29, 1.82) is 0 Å². The molecule has 1 heterocycles. The number of benzene rings is 1. The van der Waals surface area contributed by atoms with Crippen LogP contribution in [0, 0.1) is 0 Å². The highest BCUT2D eigenvalue weighted by Crippen LogP contribution is 2.29. The number of fused-ring (bicyclic) bond motifs is 1. The van der Waals surface area contributed by atoms with Gasteiger partial charge in [-0.05, 0) is 32.9 Å². The summed E-state index contributed by atoms with van der Waals surface area (Å²) in [5, 5.41) is 13.2. The van der Waals surface area contributed by atoms with Gasteiger partial charge < -0.3 is 10.4 Å². The lowest BCUT2D eigenvalue weighted by atomic mass is 10.1. The minimum atomic E-state index is -0.351. The van der Waals surface area contributed by atoms with Gasteiger partial charge in [-0.3, -0.25) is 0 Å². The molecule has 0 saturated carbocycles. The first kappa shape index (κ1) is 14.8. The Morgan fingerprint density at radius 2 is 2.11 bits per heavy atom. The highest BCUT2D eigenvalue weighted by molar-refractivity contribution is 8.01. The summed E-state index contributed by atoms with van der Waals surface area (Å²) < 4.78 is 2.23. The second-order valence-electron chi connectivity index (χ2n) is 5.54. The number of para-hydroxylation sites is 1. The molecule has 3 nitrogen and oxygen atoms in total. The van der Waals surface area contributed by atoms with Crippen LogP contribution < -0.4 is 5.32 Å². The summed E-state index contributed by atoms with van der Waals surface area (Å²) in [5.74, 6) is 0.670. The summed E-state index contributed by atoms with van der Waals surface area (Å²) in [6, 6.07) is 8.12. The molecule has 1 aromatic carbocycles. The Balaban J connectivity index is 1.84. The maximum atomic E-state index is 9.94. The first-order chi connectivity index (χ1) is 8.94. The Bertz CT molecular complexity index is 500. The molecule has 19 heavy (non-hydrogen) atoms. The van der Waals surface area contributed by atoms with Gasteiger partial charge in [0.05, 0.1) is 16.3 Å². The SMILES string of the molecule is CC(C)(C)NCC(O)CSc1nc2ccccc2s1. The predicted molar refractivity (Wildman–Crippen MR) is 84.1 cm³/mol. The molecule has 5 heteroatoms. The summed E-state index contributed by atoms with van der Waals surface area (Å²) >= 11 is 3.31. The number of aromatic nitrogens is 1. The Kier molecular flexibility index (Phi) is 4.84. The van der Waals surface area contributed by atoms with E-state index in [9.17, 15) is 5.11 Å². The minimum absolute atomic E-state index is 0.0432. The Hall–Kier alpha value is -0.620. The van der Waals surface area contributed by atoms with Crippen LogP contribution in [0.15, 0.2) is 28.6 Å². The molecular weight excluding hydrogens is 276 g/mol. The standard InChI is InChI=1S/C14H20N2OS2/c1-14(2,3)15-8-10(17)9-18-13-16-11-6-4-5-7-12(11)19-13/h4-7,10,15,17H,8-9H2,1-3H3. The van der Waals surface area contributed by atoms with Gasteiger partial charge in [-0.25, -0.2) is 4.98 Å². The van der Waals surface area contributed by atoms with E-state index in [2.05, 4.69) is 37.1 Å². The van der Waals surface area contributed by atoms with Crippen LogP contribution >= 0.6 is 23.1 Å². The van der Waals surface area contributed by atoms with Gasteiger partial charge in [0.1, 0.15) is 0 Å². The summed E-state index contributed by atoms with van der Waals surface area (Å²) in [5.41, 5.74) is 1.08. The van der Waals surface area contributed by atoms with Crippen LogP contribution in [0.25, 0.3) is 10.2 Å². The molecule has 0 spiro atoms. The third-order valence-corrected chi connectivity index (χ3v) is 4.87. The smallest absolute Gasteiger partial charge is 0.151 e. The summed E-state index contributed by atoms with van der Waals surface area (Å²) in [4.78, 5) is 4.54. The van der Waals surface area contributed by atoms with E-state index in [1.807, 2.05) is 18.2 Å². The first-order valence-electron chi connectivity index (χ1n) is 6.35. The van der Waals surface area contributed by atoms with Gasteiger partial charge in [0.25, 0.3) is 0 Å². The second-order valence-corrected chi connectivity index (χ2v) is 7.84. The van der Waals surface area contributed by atoms with E-state index in [0.717, 1.165) is 9.86 Å². The summed E-state index contributed by atoms with van der Waals surface area (Å²) in [7, 11) is 0. The van der Waals surface area contributed by atoms with Crippen LogP contribution in [-0.4, -0.2) is 34.0 Å². The van der Waals surface area contributed by atoms with Crippen molar-refractivity contribution in [3.8, 4) is 0 Å². The van der Waals surface area contributed by atoms with Crippen molar-refractivity contribution in [2.75, 3.05) is 12.3 Å². The molecule has 0 aliphatic carbocycles. The molecule has 0 saturated heterocycles. The van der Waals surface area contributed by atoms with E-state index in [1.165, 1.54) is 4.70 Å². The van der Waals surface area contributed by atoms with E-state index in [-0.39, 0.29) is 11.6 Å². The third-order valence-electron chi connectivity index (χ3n) is 2.54. The van der Waals surface area contributed by atoms with Gasteiger partial charge in [-0.15, -0.1) is 11.3 Å². The molecule has 0 bridgehead atoms. The zero-order valence-corrected chi connectivity index (χ0v) is 13.1. The fourth-order valence-electron chi connectivity index (χ4n) is 1.56. The van der Waals surface area contributed by atoms with E-state index < -0.39 is 0 Å². The Morgan fingerprint density at radius 1 is 1.37 bits per heavy atom. The normalized spacial score (nSPS) is 13.9. The van der Waals surface area contributed by atoms with Crippen molar-refractivity contribution in [1.82, 2.24) is 10.3 Å². The Morgan fingerprint density at radius 3 is 2.79 bits per heavy atom. The lowest BCUT2D eigenvalue weighted by Gasteiger charge is -2.22. The van der Waals surface area contributed by atoms with Crippen molar-refractivity contribution in [2.24, 2.45) is 0 Å². The predicted octanol–water partition coefficient (Wildman–Crippen LogP) is 3.14. The average molecular weight is 296 g/mol. The molecular formula is C14H20N2OS2. The second kappa shape index (κ2) is 6.22. The van der Waals surface area contributed by atoms with Gasteiger partial charge in [0, 0.05) is 17.8 Å². The molecule has 2 rings (SSSR count). The molecule has 0 amide bonds. The topological polar surface area (TPSA) is 45.1 Å². The molecule has 0 aliphatic heterocycles. The maximum absolute atomic E-state index is 9.94. The molecule has 0 aliphatic rings. The van der Waals surface area contributed by atoms with Crippen molar-refractivity contribution < 1.29 is 5.11 Å². The molecule has 1 aromatic heterocycles. The van der Waals surface area contributed by atoms with Crippen LogP contribution in [0.2, 0.25) is 0 Å². The number of thioether (sulfide) groups is 1. The molecule has 0 fully saturated rings. The van der Waals surface area contributed by atoms with Crippen LogP contribution in [0.5, 0.6) is 0 Å². The van der Waals surface area contributed by atoms with E-state index in [4.69, 9.17) is 0 Å². The largest absolute Gasteiger partial charge is 0.391 e. The first-order valence-corrected chi connectivity index (χ1v) is 8.16. The molecule has 2 N–H and O–H groups in total. The monoisotopic (exact) mass is 296 g/mol. The van der Waals surface area contributed by atoms with Gasteiger partial charge in [-0.2, -0.15) is 0 Å². The number of hydrogen-bond donors (Lipinski definition) is 2. The minimum Gasteiger partial charge on any atom is -0.391 e. The molecule has 1 atom stereocenters. The molecule has 104 valence electrons. The van der Waals surface area contributed by atoms with Gasteiger partial charge in [-0.1, -0.05) is 23.9 Å². The molecule has 2 aromatic rings. The number of hydrogen-bond acceptors (Lipinski definition) is 5. The fraction of sp³-hybridized carbons (Fsp3) is 0.500.